The van der Waals surface area contributed by atoms with E-state index < -0.39 is 5.41 Å². The van der Waals surface area contributed by atoms with E-state index in [1.165, 1.54) is 79.8 Å². The van der Waals surface area contributed by atoms with Crippen LogP contribution in [0.15, 0.2) is 162 Å². The van der Waals surface area contributed by atoms with Gasteiger partial charge in [0.2, 0.25) is 0 Å². The zero-order chi connectivity index (χ0) is 35.8. The third-order valence-electron chi connectivity index (χ3n) is 11.9. The molecule has 0 fully saturated rings. The van der Waals surface area contributed by atoms with Gasteiger partial charge in [0.1, 0.15) is 5.58 Å². The summed E-state index contributed by atoms with van der Waals surface area (Å²) in [7, 11) is 2.45. The minimum Gasteiger partial charge on any atom is -0.454 e. The summed E-state index contributed by atoms with van der Waals surface area (Å²) in [5.74, 6) is 0. The maximum Gasteiger partial charge on any atom is 0.197 e. The summed E-state index contributed by atoms with van der Waals surface area (Å²) < 4.78 is 6.48. The number of anilines is 3. The van der Waals surface area contributed by atoms with Crippen molar-refractivity contribution >= 4 is 68.2 Å². The third kappa shape index (κ3) is 4.37. The number of fused-ring (bicyclic) bond motifs is 9. The Labute approximate surface area is 316 Å². The number of aromatic amines is 1. The molecule has 2 aliphatic rings. The van der Waals surface area contributed by atoms with Gasteiger partial charge in [-0.05, 0) is 82.0 Å². The van der Waals surface area contributed by atoms with Crippen molar-refractivity contribution in [2.45, 2.75) is 38.0 Å². The van der Waals surface area contributed by atoms with Crippen molar-refractivity contribution in [3.8, 4) is 11.1 Å². The zero-order valence-electron chi connectivity index (χ0n) is 30.3. The number of hydrogen-bond acceptors (Lipinski definition) is 2. The molecule has 257 valence electrons. The quantitative estimate of drug-likeness (QED) is 0.133. The number of para-hydroxylation sites is 4. The Balaban J connectivity index is 1.20. The fourth-order valence-electron chi connectivity index (χ4n) is 9.62. The molecule has 0 saturated carbocycles. The molecule has 2 aliphatic heterocycles. The maximum absolute atomic E-state index is 6.48. The van der Waals surface area contributed by atoms with E-state index in [2.05, 4.69) is 176 Å². The average Bonchev–Trinajstić information content (AvgIpc) is 3.78. The van der Waals surface area contributed by atoms with Gasteiger partial charge in [0.05, 0.1) is 22.1 Å². The van der Waals surface area contributed by atoms with E-state index in [-0.39, 0.29) is 0 Å². The molecule has 0 saturated heterocycles. The van der Waals surface area contributed by atoms with E-state index in [1.807, 2.05) is 6.07 Å². The predicted molar refractivity (Wildman–Crippen MR) is 226 cm³/mol. The van der Waals surface area contributed by atoms with Crippen LogP contribution in [-0.2, 0) is 11.8 Å². The molecule has 3 nitrogen and oxygen atoms in total. The number of aromatic nitrogens is 1. The Bertz CT molecular complexity index is 2850. The van der Waals surface area contributed by atoms with E-state index in [1.54, 1.807) is 0 Å². The number of rotatable bonds is 7. The molecule has 1 N–H and O–H groups in total. The van der Waals surface area contributed by atoms with Crippen LogP contribution in [0.5, 0.6) is 0 Å². The predicted octanol–water partition coefficient (Wildman–Crippen LogP) is 11.6. The first-order valence-corrected chi connectivity index (χ1v) is 19.3. The highest BCUT2D eigenvalue weighted by Gasteiger charge is 2.48. The van der Waals surface area contributed by atoms with Crippen molar-refractivity contribution in [3.05, 3.63) is 186 Å². The molecule has 0 amide bonds. The van der Waals surface area contributed by atoms with Gasteiger partial charge in [-0.3, -0.25) is 0 Å². The SMILES string of the molecule is CCCCCc1cc(-c2cccc3c2[nH]c2c4ccccc4oc32)c2c(c1)N1c3ccccc3C(c3ccccc3)(c3ccccc3)c3cccc(c31)[B]2. The number of furan rings is 1. The lowest BCUT2D eigenvalue weighted by atomic mass is 9.54. The van der Waals surface area contributed by atoms with Gasteiger partial charge >= 0.3 is 0 Å². The number of benzene rings is 7. The van der Waals surface area contributed by atoms with Crippen molar-refractivity contribution in [1.29, 1.82) is 0 Å². The number of H-pyrrole nitrogens is 1. The molecule has 0 aliphatic carbocycles. The number of unbranched alkanes of at least 4 members (excludes halogenated alkanes) is 2. The van der Waals surface area contributed by atoms with Crippen molar-refractivity contribution in [2.24, 2.45) is 0 Å². The van der Waals surface area contributed by atoms with Crippen molar-refractivity contribution in [3.63, 3.8) is 0 Å². The molecule has 0 unspecified atom stereocenters. The third-order valence-corrected chi connectivity index (χ3v) is 11.9. The molecular formula is C50H38BN2O. The largest absolute Gasteiger partial charge is 0.454 e. The smallest absolute Gasteiger partial charge is 0.197 e. The first-order chi connectivity index (χ1) is 26.8. The highest BCUT2D eigenvalue weighted by molar-refractivity contribution is 6.73. The summed E-state index contributed by atoms with van der Waals surface area (Å²) in [6.07, 6.45) is 4.60. The Morgan fingerprint density at radius 1 is 0.611 bits per heavy atom. The monoisotopic (exact) mass is 693 g/mol. The van der Waals surface area contributed by atoms with Crippen LogP contribution in [-0.4, -0.2) is 12.3 Å². The van der Waals surface area contributed by atoms with E-state index in [9.17, 15) is 0 Å². The molecule has 0 bridgehead atoms. The minimum absolute atomic E-state index is 0.499. The summed E-state index contributed by atoms with van der Waals surface area (Å²) >= 11 is 0. The second-order valence-electron chi connectivity index (χ2n) is 14.9. The normalized spacial score (nSPS) is 13.8. The first-order valence-electron chi connectivity index (χ1n) is 19.3. The van der Waals surface area contributed by atoms with Gasteiger partial charge in [-0.25, -0.2) is 0 Å². The first kappa shape index (κ1) is 31.3. The van der Waals surface area contributed by atoms with Crippen LogP contribution in [0.2, 0.25) is 0 Å². The van der Waals surface area contributed by atoms with Crippen LogP contribution in [0.3, 0.4) is 0 Å². The topological polar surface area (TPSA) is 32.2 Å². The number of nitrogens with zero attached hydrogens (tertiary/aromatic N) is 1. The van der Waals surface area contributed by atoms with Crippen LogP contribution in [0, 0.1) is 0 Å². The summed E-state index contributed by atoms with van der Waals surface area (Å²) in [5.41, 5.74) is 18.6. The fraction of sp³-hybridized carbons (Fsp3) is 0.120. The van der Waals surface area contributed by atoms with Crippen molar-refractivity contribution < 1.29 is 4.42 Å². The molecule has 9 aromatic rings. The molecule has 54 heavy (non-hydrogen) atoms. The highest BCUT2D eigenvalue weighted by atomic mass is 16.3. The van der Waals surface area contributed by atoms with Crippen LogP contribution in [0.25, 0.3) is 44.1 Å². The Morgan fingerprint density at radius 2 is 1.31 bits per heavy atom. The Morgan fingerprint density at radius 3 is 2.13 bits per heavy atom. The van der Waals surface area contributed by atoms with Gasteiger partial charge in [0.15, 0.2) is 12.9 Å². The summed E-state index contributed by atoms with van der Waals surface area (Å²) in [4.78, 5) is 6.44. The number of hydrogen-bond donors (Lipinski definition) is 1. The molecule has 7 aromatic carbocycles. The van der Waals surface area contributed by atoms with E-state index >= 15 is 0 Å². The second kappa shape index (κ2) is 12.1. The van der Waals surface area contributed by atoms with E-state index in [0.717, 1.165) is 45.8 Å². The molecule has 0 spiro atoms. The molecule has 0 atom stereocenters. The van der Waals surface area contributed by atoms with Gasteiger partial charge in [-0.1, -0.05) is 153 Å². The summed E-state index contributed by atoms with van der Waals surface area (Å²) in [6.45, 7) is 2.29. The highest BCUT2D eigenvalue weighted by Crippen LogP contribution is 2.57. The molecule has 1 radical (unpaired) electrons. The Hall–Kier alpha value is -6.26. The number of nitrogens with one attached hydrogen (secondary N) is 1. The molecule has 4 heteroatoms. The lowest BCUT2D eigenvalue weighted by molar-refractivity contribution is 0.673. The standard InChI is InChI=1S/C50H38BN2O/c1-2-3-6-17-32-30-38(35-23-15-24-37-46(35)52-47-36-22-11-14-29-44(36)54-49(37)47)45-43(31-32)53-42-28-13-12-25-39(42)50(33-18-7-4-8-19-33,34-20-9-5-10-21-34)40-26-16-27-41(51-45)48(40)53/h4-5,7-16,18-31,52H,2-3,6,17H2,1H3. The lowest BCUT2D eigenvalue weighted by Gasteiger charge is -2.49. The van der Waals surface area contributed by atoms with E-state index in [4.69, 9.17) is 4.42 Å². The average molecular weight is 694 g/mol. The van der Waals surface area contributed by atoms with Gasteiger partial charge in [-0.15, -0.1) is 0 Å². The fourth-order valence-corrected chi connectivity index (χ4v) is 9.62. The zero-order valence-corrected chi connectivity index (χ0v) is 30.3. The molecule has 2 aromatic heterocycles. The van der Waals surface area contributed by atoms with Crippen molar-refractivity contribution in [1.82, 2.24) is 4.98 Å². The van der Waals surface area contributed by atoms with Crippen LogP contribution in [0.1, 0.15) is 54.0 Å². The van der Waals surface area contributed by atoms with E-state index in [0.29, 0.717) is 0 Å². The maximum atomic E-state index is 6.48. The number of aryl methyl sites for hydroxylation is 1. The van der Waals surface area contributed by atoms with Gasteiger partial charge in [-0.2, -0.15) is 0 Å². The van der Waals surface area contributed by atoms with Gasteiger partial charge < -0.3 is 14.3 Å². The minimum atomic E-state index is -0.499. The van der Waals surface area contributed by atoms with Crippen LogP contribution < -0.4 is 15.8 Å². The molecule has 4 heterocycles. The molecule has 11 rings (SSSR count). The van der Waals surface area contributed by atoms with Crippen molar-refractivity contribution in [2.75, 3.05) is 4.90 Å². The summed E-state index contributed by atoms with van der Waals surface area (Å²) in [5, 5.41) is 2.23. The van der Waals surface area contributed by atoms with Crippen LogP contribution >= 0.6 is 0 Å². The van der Waals surface area contributed by atoms with Gasteiger partial charge in [0.25, 0.3) is 0 Å². The Kier molecular flexibility index (Phi) is 7.04. The van der Waals surface area contributed by atoms with Gasteiger partial charge in [0, 0.05) is 27.7 Å². The van der Waals surface area contributed by atoms with Crippen LogP contribution in [0.4, 0.5) is 17.1 Å². The lowest BCUT2D eigenvalue weighted by Crippen LogP contribution is -2.47. The second-order valence-corrected chi connectivity index (χ2v) is 14.9. The summed E-state index contributed by atoms with van der Waals surface area (Å²) in [6, 6.07) is 58.2. The molecular weight excluding hydrogens is 655 g/mol.